The summed E-state index contributed by atoms with van der Waals surface area (Å²) in [7, 11) is 0. The average Bonchev–Trinajstić information content (AvgIpc) is 2.49. The van der Waals surface area contributed by atoms with Gasteiger partial charge in [-0.15, -0.1) is 0 Å². The van der Waals surface area contributed by atoms with Crippen LogP contribution in [-0.4, -0.2) is 6.54 Å². The Hall–Kier alpha value is -1.67. The molecule has 0 spiro atoms. The Balaban J connectivity index is 2.05. The summed E-state index contributed by atoms with van der Waals surface area (Å²) in [5, 5.41) is 0. The van der Waals surface area contributed by atoms with Gasteiger partial charge in [0.2, 0.25) is 0 Å². The molecular formula is C17H15BrFNO. The van der Waals surface area contributed by atoms with E-state index < -0.39 is 0 Å². The summed E-state index contributed by atoms with van der Waals surface area (Å²) in [6, 6.07) is 12.4. The van der Waals surface area contributed by atoms with Gasteiger partial charge in [0.1, 0.15) is 5.82 Å². The second kappa shape index (κ2) is 7.94. The van der Waals surface area contributed by atoms with E-state index in [1.807, 2.05) is 24.3 Å². The van der Waals surface area contributed by atoms with Crippen molar-refractivity contribution in [1.29, 1.82) is 0 Å². The minimum Gasteiger partial charge on any atom is -0.372 e. The van der Waals surface area contributed by atoms with Crippen LogP contribution in [0.15, 0.2) is 46.9 Å². The van der Waals surface area contributed by atoms with Crippen molar-refractivity contribution >= 4 is 15.9 Å². The highest BCUT2D eigenvalue weighted by Crippen LogP contribution is 2.18. The van der Waals surface area contributed by atoms with Crippen molar-refractivity contribution in [3.8, 4) is 11.8 Å². The van der Waals surface area contributed by atoms with E-state index in [-0.39, 0.29) is 12.4 Å². The topological polar surface area (TPSA) is 35.2 Å². The highest BCUT2D eigenvalue weighted by atomic mass is 79.9. The maximum atomic E-state index is 13.3. The molecule has 0 aliphatic rings. The molecular weight excluding hydrogens is 333 g/mol. The molecule has 2 aromatic carbocycles. The first-order valence-corrected chi connectivity index (χ1v) is 7.28. The van der Waals surface area contributed by atoms with E-state index in [4.69, 9.17) is 10.5 Å². The maximum Gasteiger partial charge on any atom is 0.124 e. The molecule has 0 fully saturated rings. The van der Waals surface area contributed by atoms with Crippen LogP contribution in [-0.2, 0) is 18.0 Å². The molecule has 0 unspecified atom stereocenters. The van der Waals surface area contributed by atoms with E-state index in [2.05, 4.69) is 27.8 Å². The smallest absolute Gasteiger partial charge is 0.124 e. The van der Waals surface area contributed by atoms with E-state index in [0.717, 1.165) is 15.6 Å². The number of nitrogens with two attached hydrogens (primary N) is 1. The van der Waals surface area contributed by atoms with Gasteiger partial charge >= 0.3 is 0 Å². The Kier molecular flexibility index (Phi) is 5.94. The average molecular weight is 348 g/mol. The summed E-state index contributed by atoms with van der Waals surface area (Å²) in [5.74, 6) is 5.29. The number of rotatable bonds is 4. The maximum absolute atomic E-state index is 13.3. The van der Waals surface area contributed by atoms with Gasteiger partial charge in [0.25, 0.3) is 0 Å². The molecule has 0 aliphatic heterocycles. The predicted molar refractivity (Wildman–Crippen MR) is 85.0 cm³/mol. The van der Waals surface area contributed by atoms with E-state index in [1.165, 1.54) is 12.1 Å². The van der Waals surface area contributed by atoms with Crippen molar-refractivity contribution in [1.82, 2.24) is 0 Å². The van der Waals surface area contributed by atoms with Gasteiger partial charge in [0, 0.05) is 10.0 Å². The van der Waals surface area contributed by atoms with Crippen LogP contribution < -0.4 is 5.73 Å². The van der Waals surface area contributed by atoms with Crippen molar-refractivity contribution in [3.05, 3.63) is 69.4 Å². The zero-order valence-electron chi connectivity index (χ0n) is 11.4. The molecule has 21 heavy (non-hydrogen) atoms. The largest absolute Gasteiger partial charge is 0.372 e. The molecule has 0 bridgehead atoms. The summed E-state index contributed by atoms with van der Waals surface area (Å²) >= 11 is 3.48. The zero-order valence-corrected chi connectivity index (χ0v) is 13.0. The van der Waals surface area contributed by atoms with Crippen LogP contribution in [0.25, 0.3) is 0 Å². The number of hydrogen-bond donors (Lipinski definition) is 1. The lowest BCUT2D eigenvalue weighted by Gasteiger charge is -2.08. The molecule has 0 saturated carbocycles. The molecule has 0 aromatic heterocycles. The lowest BCUT2D eigenvalue weighted by atomic mass is 10.1. The lowest BCUT2D eigenvalue weighted by molar-refractivity contribution is 0.106. The van der Waals surface area contributed by atoms with Crippen LogP contribution in [0, 0.1) is 17.7 Å². The third-order valence-corrected chi connectivity index (χ3v) is 3.64. The van der Waals surface area contributed by atoms with Gasteiger partial charge in [-0.1, -0.05) is 52.0 Å². The number of hydrogen-bond acceptors (Lipinski definition) is 2. The van der Waals surface area contributed by atoms with Crippen molar-refractivity contribution in [2.45, 2.75) is 13.2 Å². The number of ether oxygens (including phenoxy) is 1. The number of benzene rings is 2. The zero-order chi connectivity index (χ0) is 15.1. The molecule has 0 saturated heterocycles. The SMILES string of the molecule is NCC#Cc1cc(F)ccc1COCc1ccccc1Br. The molecule has 2 rings (SSSR count). The van der Waals surface area contributed by atoms with Crippen LogP contribution in [0.2, 0.25) is 0 Å². The van der Waals surface area contributed by atoms with Crippen LogP contribution in [0.5, 0.6) is 0 Å². The fourth-order valence-electron chi connectivity index (χ4n) is 1.82. The minimum atomic E-state index is -0.314. The Morgan fingerprint density at radius 3 is 2.62 bits per heavy atom. The van der Waals surface area contributed by atoms with Gasteiger partial charge in [0.05, 0.1) is 19.8 Å². The van der Waals surface area contributed by atoms with Gasteiger partial charge < -0.3 is 10.5 Å². The van der Waals surface area contributed by atoms with Gasteiger partial charge in [-0.3, -0.25) is 0 Å². The summed E-state index contributed by atoms with van der Waals surface area (Å²) in [6.45, 7) is 1.09. The fraction of sp³-hybridized carbons (Fsp3) is 0.176. The Labute approximate surface area is 132 Å². The highest BCUT2D eigenvalue weighted by Gasteiger charge is 2.04. The molecule has 2 nitrogen and oxygen atoms in total. The fourth-order valence-corrected chi connectivity index (χ4v) is 2.22. The van der Waals surface area contributed by atoms with Gasteiger partial charge in [-0.05, 0) is 29.3 Å². The second-order valence-electron chi connectivity index (χ2n) is 4.39. The van der Waals surface area contributed by atoms with Gasteiger partial charge in [0.15, 0.2) is 0 Å². The lowest BCUT2D eigenvalue weighted by Crippen LogP contribution is -1.99. The first-order chi connectivity index (χ1) is 10.2. The summed E-state index contributed by atoms with van der Waals surface area (Å²) in [4.78, 5) is 0. The molecule has 2 N–H and O–H groups in total. The van der Waals surface area contributed by atoms with Gasteiger partial charge in [-0.25, -0.2) is 4.39 Å². The van der Waals surface area contributed by atoms with Crippen LogP contribution in [0.1, 0.15) is 16.7 Å². The molecule has 0 radical (unpaired) electrons. The molecule has 0 aliphatic carbocycles. The molecule has 4 heteroatoms. The van der Waals surface area contributed by atoms with Crippen molar-refractivity contribution < 1.29 is 9.13 Å². The predicted octanol–water partition coefficient (Wildman–Crippen LogP) is 3.62. The summed E-state index contributed by atoms with van der Waals surface area (Å²) in [5.41, 5.74) is 7.89. The van der Waals surface area contributed by atoms with Crippen LogP contribution >= 0.6 is 15.9 Å². The van der Waals surface area contributed by atoms with Crippen LogP contribution in [0.3, 0.4) is 0 Å². The molecule has 108 valence electrons. The summed E-state index contributed by atoms with van der Waals surface area (Å²) in [6.07, 6.45) is 0. The quantitative estimate of drug-likeness (QED) is 0.857. The monoisotopic (exact) mass is 347 g/mol. The number of halogens is 2. The molecule has 0 amide bonds. The second-order valence-corrected chi connectivity index (χ2v) is 5.25. The molecule has 2 aromatic rings. The van der Waals surface area contributed by atoms with E-state index in [0.29, 0.717) is 18.8 Å². The van der Waals surface area contributed by atoms with Crippen molar-refractivity contribution in [2.75, 3.05) is 6.54 Å². The van der Waals surface area contributed by atoms with Crippen molar-refractivity contribution in [2.24, 2.45) is 5.73 Å². The van der Waals surface area contributed by atoms with E-state index >= 15 is 0 Å². The third kappa shape index (κ3) is 4.68. The summed E-state index contributed by atoms with van der Waals surface area (Å²) < 4.78 is 20.0. The Morgan fingerprint density at radius 2 is 1.86 bits per heavy atom. The van der Waals surface area contributed by atoms with E-state index in [9.17, 15) is 4.39 Å². The first-order valence-electron chi connectivity index (χ1n) is 6.49. The molecule has 0 atom stereocenters. The normalized spacial score (nSPS) is 10.0. The Morgan fingerprint density at radius 1 is 1.10 bits per heavy atom. The first kappa shape index (κ1) is 15.7. The standard InChI is InChI=1S/C17H15BrFNO/c18-17-6-2-1-4-15(17)12-21-11-14-7-8-16(19)10-13(14)5-3-9-20/h1-2,4,6-8,10H,9,11-12,20H2. The van der Waals surface area contributed by atoms with Crippen molar-refractivity contribution in [3.63, 3.8) is 0 Å². The van der Waals surface area contributed by atoms with Gasteiger partial charge in [-0.2, -0.15) is 0 Å². The molecule has 0 heterocycles. The highest BCUT2D eigenvalue weighted by molar-refractivity contribution is 9.10. The van der Waals surface area contributed by atoms with E-state index in [1.54, 1.807) is 6.07 Å². The Bertz CT molecular complexity index is 676. The minimum absolute atomic E-state index is 0.244. The van der Waals surface area contributed by atoms with Crippen LogP contribution in [0.4, 0.5) is 4.39 Å². The third-order valence-electron chi connectivity index (χ3n) is 2.87.